The minimum atomic E-state index is -1.28. The number of aliphatic carboxylic acids is 1. The maximum Gasteiger partial charge on any atom is 0.328 e. The van der Waals surface area contributed by atoms with Gasteiger partial charge in [0.25, 0.3) is 0 Å². The van der Waals surface area contributed by atoms with E-state index < -0.39 is 18.1 Å². The van der Waals surface area contributed by atoms with Crippen LogP contribution in [-0.2, 0) is 14.4 Å². The highest BCUT2D eigenvalue weighted by Crippen LogP contribution is 2.77. The molecular weight excluding hydrogens is 628 g/mol. The van der Waals surface area contributed by atoms with E-state index >= 15 is 0 Å². The molecule has 0 aromatic heterocycles. The molecule has 2 amide bonds. The van der Waals surface area contributed by atoms with Gasteiger partial charge in [-0.05, 0) is 142 Å². The van der Waals surface area contributed by atoms with E-state index in [-0.39, 0.29) is 51.4 Å². The largest absolute Gasteiger partial charge is 0.480 e. The summed E-state index contributed by atoms with van der Waals surface area (Å²) in [5.41, 5.74) is 1.53. The van der Waals surface area contributed by atoms with Crippen LogP contribution in [0.15, 0.2) is 12.2 Å². The minimum Gasteiger partial charge on any atom is -0.480 e. The van der Waals surface area contributed by atoms with Crippen LogP contribution in [0.1, 0.15) is 151 Å². The molecule has 1 unspecified atom stereocenters. The smallest absolute Gasteiger partial charge is 0.328 e. The van der Waals surface area contributed by atoms with Crippen LogP contribution in [0.4, 0.5) is 0 Å². The molecule has 0 aromatic rings. The van der Waals surface area contributed by atoms with E-state index in [1.165, 1.54) is 38.2 Å². The third-order valence-electron chi connectivity index (χ3n) is 16.4. The Morgan fingerprint density at radius 2 is 1.50 bits per heavy atom. The van der Waals surface area contributed by atoms with Gasteiger partial charge in [0.1, 0.15) is 0 Å². The molecule has 8 heteroatoms. The molecule has 0 aliphatic heterocycles. The highest BCUT2D eigenvalue weighted by atomic mass is 16.4. The lowest BCUT2D eigenvalue weighted by atomic mass is 9.32. The Morgan fingerprint density at radius 1 is 0.820 bits per heavy atom. The number of hydrogen-bond acceptors (Lipinski definition) is 5. The van der Waals surface area contributed by atoms with Crippen molar-refractivity contribution < 1.29 is 29.7 Å². The number of nitrogens with one attached hydrogen (secondary N) is 2. The van der Waals surface area contributed by atoms with Gasteiger partial charge in [0, 0.05) is 13.0 Å². The van der Waals surface area contributed by atoms with E-state index in [0.29, 0.717) is 42.6 Å². The Labute approximate surface area is 302 Å². The van der Waals surface area contributed by atoms with Crippen molar-refractivity contribution in [1.29, 1.82) is 0 Å². The minimum absolute atomic E-state index is 0.0496. The Bertz CT molecular complexity index is 1300. The summed E-state index contributed by atoms with van der Waals surface area (Å²) in [5, 5.41) is 35.6. The van der Waals surface area contributed by atoms with E-state index in [4.69, 9.17) is 5.11 Å². The van der Waals surface area contributed by atoms with Gasteiger partial charge < -0.3 is 26.0 Å². The molecule has 50 heavy (non-hydrogen) atoms. The number of fused-ring (bicyclic) bond motifs is 7. The summed E-state index contributed by atoms with van der Waals surface area (Å²) < 4.78 is 0. The van der Waals surface area contributed by atoms with Gasteiger partial charge in [-0.3, -0.25) is 9.59 Å². The van der Waals surface area contributed by atoms with Crippen LogP contribution in [0, 0.1) is 56.7 Å². The van der Waals surface area contributed by atoms with Crippen LogP contribution in [0.25, 0.3) is 0 Å². The first-order valence-electron chi connectivity index (χ1n) is 20.2. The van der Waals surface area contributed by atoms with Gasteiger partial charge >= 0.3 is 5.97 Å². The fourth-order valence-corrected chi connectivity index (χ4v) is 13.5. The monoisotopic (exact) mass is 699 g/mol. The lowest BCUT2D eigenvalue weighted by Crippen LogP contribution is -2.67. The van der Waals surface area contributed by atoms with Gasteiger partial charge in [-0.1, -0.05) is 66.0 Å². The van der Waals surface area contributed by atoms with Gasteiger partial charge in [0.2, 0.25) is 11.8 Å². The first-order chi connectivity index (χ1) is 23.4. The molecule has 0 radical (unpaired) electrons. The molecule has 284 valence electrons. The van der Waals surface area contributed by atoms with Crippen LogP contribution in [0.3, 0.4) is 0 Å². The summed E-state index contributed by atoms with van der Waals surface area (Å²) in [6.07, 6.45) is 14.2. The van der Waals surface area contributed by atoms with Crippen molar-refractivity contribution in [2.75, 3.05) is 6.54 Å². The third kappa shape index (κ3) is 6.49. The summed E-state index contributed by atoms with van der Waals surface area (Å²) in [6, 6.07) is -1.28. The first-order valence-corrected chi connectivity index (χ1v) is 20.2. The number of carbonyl (C=O) groups excluding carboxylic acids is 2. The predicted molar refractivity (Wildman–Crippen MR) is 197 cm³/mol. The number of aliphatic hydroxyl groups is 2. The van der Waals surface area contributed by atoms with Gasteiger partial charge in [0.15, 0.2) is 6.04 Å². The first kappa shape index (κ1) is 39.3. The maximum absolute atomic E-state index is 14.4. The molecule has 0 bridgehead atoms. The number of allylic oxidation sites excluding steroid dienone is 1. The van der Waals surface area contributed by atoms with E-state index in [0.717, 1.165) is 64.2 Å². The zero-order valence-electron chi connectivity index (χ0n) is 32.4. The SMILES string of the molecule is C=C(C)[C@@H]1CC[C@]2(C(=O)NCCCCCCCC(=O)N[C@H](C(=O)O)[C@@H](C)O)CC[C@]3(C)[C@H](CCC4[C@@]5(C)CC[C@H](O)C(C)(C)[C@@H]5CC[C@]43C)[C@@H]12. The zero-order valence-corrected chi connectivity index (χ0v) is 32.4. The molecule has 0 spiro atoms. The molecule has 0 aromatic carbocycles. The number of hydrogen-bond donors (Lipinski definition) is 5. The van der Waals surface area contributed by atoms with Gasteiger partial charge in [-0.25, -0.2) is 4.79 Å². The number of rotatable bonds is 13. The molecule has 5 aliphatic rings. The maximum atomic E-state index is 14.4. The van der Waals surface area contributed by atoms with Crippen molar-refractivity contribution in [3.63, 3.8) is 0 Å². The molecule has 5 rings (SSSR count). The van der Waals surface area contributed by atoms with Crippen molar-refractivity contribution in [3.05, 3.63) is 12.2 Å². The summed E-state index contributed by atoms with van der Waals surface area (Å²) >= 11 is 0. The Morgan fingerprint density at radius 3 is 2.16 bits per heavy atom. The molecule has 12 atom stereocenters. The molecule has 0 heterocycles. The number of carboxylic acid groups (broad SMARTS) is 1. The van der Waals surface area contributed by atoms with Crippen molar-refractivity contribution in [1.82, 2.24) is 10.6 Å². The lowest BCUT2D eigenvalue weighted by Gasteiger charge is -2.72. The van der Waals surface area contributed by atoms with Crippen molar-refractivity contribution in [2.24, 2.45) is 56.7 Å². The molecule has 5 N–H and O–H groups in total. The third-order valence-corrected chi connectivity index (χ3v) is 16.4. The van der Waals surface area contributed by atoms with Crippen molar-refractivity contribution in [2.45, 2.75) is 169 Å². The average molecular weight is 699 g/mol. The van der Waals surface area contributed by atoms with E-state index in [1.54, 1.807) is 0 Å². The lowest BCUT2D eigenvalue weighted by molar-refractivity contribution is -0.246. The second kappa shape index (κ2) is 14.5. The van der Waals surface area contributed by atoms with Crippen LogP contribution in [0.2, 0.25) is 0 Å². The zero-order chi connectivity index (χ0) is 36.9. The number of carboxylic acids is 1. The average Bonchev–Trinajstić information content (AvgIpc) is 3.44. The molecule has 8 nitrogen and oxygen atoms in total. The summed E-state index contributed by atoms with van der Waals surface area (Å²) in [7, 11) is 0. The number of unbranched alkanes of at least 4 members (excludes halogenated alkanes) is 4. The Kier molecular flexibility index (Phi) is 11.4. The summed E-state index contributed by atoms with van der Waals surface area (Å²) in [6.45, 7) is 21.2. The summed E-state index contributed by atoms with van der Waals surface area (Å²) in [4.78, 5) is 37.7. The van der Waals surface area contributed by atoms with Crippen LogP contribution >= 0.6 is 0 Å². The normalized spacial score (nSPS) is 41.4. The van der Waals surface area contributed by atoms with Gasteiger partial charge in [-0.15, -0.1) is 0 Å². The topological polar surface area (TPSA) is 136 Å². The standard InChI is InChI=1S/C42H70N2O6/c1-26(2)28-17-22-42(37(50)43-25-13-11-9-10-12-14-33(47)44-35(27(3)45)36(48)49)24-23-40(7)29(34(28)42)15-16-31-39(6)20-19-32(46)38(4,5)30(39)18-21-41(31,40)8/h27-32,34-35,45-46H,1,9-25H2,2-8H3,(H,43,50)(H,44,47)(H,48,49)/t27-,28+,29-,30+,31?,32+,34-,35+,39+,40-,41-,42+/m1/s1. The van der Waals surface area contributed by atoms with E-state index in [1.807, 2.05) is 0 Å². The fourth-order valence-electron chi connectivity index (χ4n) is 13.5. The Balaban J connectivity index is 1.19. The van der Waals surface area contributed by atoms with Crippen LogP contribution in [-0.4, -0.2) is 57.9 Å². The molecule has 5 saturated carbocycles. The fraction of sp³-hybridized carbons (Fsp3) is 0.881. The van der Waals surface area contributed by atoms with Gasteiger partial charge in [0.05, 0.1) is 17.6 Å². The second-order valence-electron chi connectivity index (χ2n) is 19.1. The second-order valence-corrected chi connectivity index (χ2v) is 19.1. The van der Waals surface area contributed by atoms with Crippen LogP contribution in [0.5, 0.6) is 0 Å². The van der Waals surface area contributed by atoms with E-state index in [9.17, 15) is 24.6 Å². The highest BCUT2D eigenvalue weighted by molar-refractivity contribution is 5.84. The Hall–Kier alpha value is -1.93. The number of aliphatic hydroxyl groups excluding tert-OH is 2. The molecule has 0 saturated heterocycles. The quantitative estimate of drug-likeness (QED) is 0.100. The van der Waals surface area contributed by atoms with Crippen molar-refractivity contribution >= 4 is 17.8 Å². The number of amides is 2. The molecule has 5 aliphatic carbocycles. The summed E-state index contributed by atoms with van der Waals surface area (Å²) in [5.74, 6) is 1.12. The highest BCUT2D eigenvalue weighted by Gasteiger charge is 2.71. The molecule has 5 fully saturated rings. The van der Waals surface area contributed by atoms with Gasteiger partial charge in [-0.2, -0.15) is 0 Å². The van der Waals surface area contributed by atoms with Crippen LogP contribution < -0.4 is 10.6 Å². The van der Waals surface area contributed by atoms with Crippen molar-refractivity contribution in [3.8, 4) is 0 Å². The molecular formula is C42H70N2O6. The van der Waals surface area contributed by atoms with E-state index in [2.05, 4.69) is 58.8 Å². The predicted octanol–water partition coefficient (Wildman–Crippen LogP) is 7.41. The number of carbonyl (C=O) groups is 3.